The van der Waals surface area contributed by atoms with Crippen LogP contribution >= 0.6 is 0 Å². The molecule has 0 unspecified atom stereocenters. The van der Waals surface area contributed by atoms with Gasteiger partial charge < -0.3 is 10.4 Å². The number of carbonyl (C=O) groups excluding carboxylic acids is 2. The van der Waals surface area contributed by atoms with E-state index in [1.165, 1.54) is 6.42 Å². The summed E-state index contributed by atoms with van der Waals surface area (Å²) < 4.78 is 0. The molecule has 2 rings (SSSR count). The predicted octanol–water partition coefficient (Wildman–Crippen LogP) is 0.626. The lowest BCUT2D eigenvalue weighted by Gasteiger charge is -2.35. The van der Waals surface area contributed by atoms with Crippen LogP contribution in [0.5, 0.6) is 0 Å². The van der Waals surface area contributed by atoms with Crippen molar-refractivity contribution >= 4 is 17.9 Å². The Morgan fingerprint density at radius 3 is 2.32 bits per heavy atom. The molecule has 1 saturated carbocycles. The highest BCUT2D eigenvalue weighted by Gasteiger charge is 2.25. The Labute approximate surface area is 148 Å². The zero-order valence-electron chi connectivity index (χ0n) is 15.0. The van der Waals surface area contributed by atoms with Crippen molar-refractivity contribution in [1.82, 2.24) is 20.4 Å². The molecule has 0 aromatic rings. The number of aliphatic carboxylic acids is 1. The molecule has 1 saturated heterocycles. The van der Waals surface area contributed by atoms with E-state index in [0.717, 1.165) is 51.6 Å². The van der Waals surface area contributed by atoms with E-state index < -0.39 is 12.0 Å². The molecule has 1 aliphatic heterocycles. The zero-order chi connectivity index (χ0) is 18.2. The fraction of sp³-hybridized carbons (Fsp3) is 0.824. The summed E-state index contributed by atoms with van der Waals surface area (Å²) in [6.45, 7) is 1.69. The average Bonchev–Trinajstić information content (AvgIpc) is 2.55. The van der Waals surface area contributed by atoms with Crippen LogP contribution < -0.4 is 10.6 Å². The smallest absolute Gasteiger partial charge is 0.321 e. The van der Waals surface area contributed by atoms with Crippen molar-refractivity contribution in [2.45, 2.75) is 57.0 Å². The minimum absolute atomic E-state index is 0.0342. The lowest BCUT2D eigenvalue weighted by molar-refractivity contribution is -0.138. The third-order valence-corrected chi connectivity index (χ3v) is 5.13. The van der Waals surface area contributed by atoms with E-state index in [0.29, 0.717) is 0 Å². The van der Waals surface area contributed by atoms with Gasteiger partial charge >= 0.3 is 12.0 Å². The van der Waals surface area contributed by atoms with Crippen molar-refractivity contribution in [3.05, 3.63) is 0 Å². The second kappa shape index (κ2) is 9.72. The Morgan fingerprint density at radius 2 is 1.72 bits per heavy atom. The molecule has 8 nitrogen and oxygen atoms in total. The van der Waals surface area contributed by atoms with E-state index in [4.69, 9.17) is 5.11 Å². The molecule has 8 heteroatoms. The molecule has 1 aliphatic carbocycles. The number of carboxylic acids is 1. The standard InChI is InChI=1S/C17H30N4O4/c1-20(12-16(23)24)14-7-9-21(10-8-14)11-15(22)19-17(25)18-13-5-3-2-4-6-13/h13-14H,2-12H2,1H3,(H,23,24)(H2,18,19,22,25). The van der Waals surface area contributed by atoms with Crippen LogP contribution in [0.3, 0.4) is 0 Å². The number of urea groups is 1. The number of imide groups is 1. The molecule has 3 amide bonds. The van der Waals surface area contributed by atoms with Gasteiger partial charge in [0.15, 0.2) is 0 Å². The molecule has 0 atom stereocenters. The van der Waals surface area contributed by atoms with Crippen molar-refractivity contribution in [2.24, 2.45) is 0 Å². The van der Waals surface area contributed by atoms with Gasteiger partial charge in [-0.2, -0.15) is 0 Å². The van der Waals surface area contributed by atoms with Gasteiger partial charge in [0.05, 0.1) is 13.1 Å². The minimum atomic E-state index is -0.826. The SMILES string of the molecule is CN(CC(=O)O)C1CCN(CC(=O)NC(=O)NC2CCCCC2)CC1. The van der Waals surface area contributed by atoms with Crippen LogP contribution in [0.2, 0.25) is 0 Å². The van der Waals surface area contributed by atoms with Crippen LogP contribution in [0.15, 0.2) is 0 Å². The van der Waals surface area contributed by atoms with Crippen LogP contribution in [-0.2, 0) is 9.59 Å². The van der Waals surface area contributed by atoms with Crippen molar-refractivity contribution in [3.63, 3.8) is 0 Å². The van der Waals surface area contributed by atoms with E-state index in [2.05, 4.69) is 10.6 Å². The molecule has 0 radical (unpaired) electrons. The fourth-order valence-electron chi connectivity index (χ4n) is 3.70. The van der Waals surface area contributed by atoms with Crippen molar-refractivity contribution in [2.75, 3.05) is 33.2 Å². The maximum atomic E-state index is 12.0. The van der Waals surface area contributed by atoms with Crippen LogP contribution in [0.4, 0.5) is 4.79 Å². The van der Waals surface area contributed by atoms with E-state index in [1.54, 1.807) is 0 Å². The predicted molar refractivity (Wildman–Crippen MR) is 93.3 cm³/mol. The number of nitrogens with zero attached hydrogens (tertiary/aromatic N) is 2. The first-order valence-corrected chi connectivity index (χ1v) is 9.19. The van der Waals surface area contributed by atoms with E-state index >= 15 is 0 Å². The summed E-state index contributed by atoms with van der Waals surface area (Å²) in [7, 11) is 1.82. The first-order valence-electron chi connectivity index (χ1n) is 9.19. The number of carboxylic acid groups (broad SMARTS) is 1. The summed E-state index contributed by atoms with van der Waals surface area (Å²) in [5.74, 6) is -1.11. The number of likely N-dealkylation sites (tertiary alicyclic amines) is 1. The quantitative estimate of drug-likeness (QED) is 0.646. The van der Waals surface area contributed by atoms with Crippen molar-refractivity contribution < 1.29 is 19.5 Å². The minimum Gasteiger partial charge on any atom is -0.480 e. The monoisotopic (exact) mass is 354 g/mol. The van der Waals surface area contributed by atoms with Crippen molar-refractivity contribution in [1.29, 1.82) is 0 Å². The number of rotatable bonds is 6. The molecule has 0 bridgehead atoms. The third kappa shape index (κ3) is 6.99. The first kappa shape index (κ1) is 19.7. The van der Waals surface area contributed by atoms with Gasteiger partial charge in [0, 0.05) is 25.2 Å². The van der Waals surface area contributed by atoms with Gasteiger partial charge in [-0.1, -0.05) is 19.3 Å². The lowest BCUT2D eigenvalue weighted by atomic mass is 9.96. The molecule has 2 aliphatic rings. The number of carbonyl (C=O) groups is 3. The van der Waals surface area contributed by atoms with Gasteiger partial charge in [-0.15, -0.1) is 0 Å². The molecule has 25 heavy (non-hydrogen) atoms. The lowest BCUT2D eigenvalue weighted by Crippen LogP contribution is -2.50. The zero-order valence-corrected chi connectivity index (χ0v) is 15.0. The molecule has 0 aromatic carbocycles. The summed E-state index contributed by atoms with van der Waals surface area (Å²) in [5, 5.41) is 14.1. The summed E-state index contributed by atoms with van der Waals surface area (Å²) in [4.78, 5) is 38.5. The number of nitrogens with one attached hydrogen (secondary N) is 2. The Morgan fingerprint density at radius 1 is 1.08 bits per heavy atom. The normalized spacial score (nSPS) is 20.4. The van der Waals surface area contributed by atoms with Crippen LogP contribution in [-0.4, -0.2) is 78.1 Å². The summed E-state index contributed by atoms with van der Waals surface area (Å²) in [5.41, 5.74) is 0. The first-order chi connectivity index (χ1) is 11.9. The molecule has 142 valence electrons. The van der Waals surface area contributed by atoms with Gasteiger partial charge in [0.25, 0.3) is 0 Å². The highest BCUT2D eigenvalue weighted by molar-refractivity contribution is 5.95. The highest BCUT2D eigenvalue weighted by atomic mass is 16.4. The second-order valence-electron chi connectivity index (χ2n) is 7.17. The summed E-state index contributed by atoms with van der Waals surface area (Å²) in [6.07, 6.45) is 7.10. The van der Waals surface area contributed by atoms with E-state index in [-0.39, 0.29) is 31.1 Å². The number of amides is 3. The second-order valence-corrected chi connectivity index (χ2v) is 7.17. The Kier molecular flexibility index (Phi) is 7.64. The Bertz CT molecular complexity index is 471. The van der Waals surface area contributed by atoms with Gasteiger partial charge in [-0.3, -0.25) is 24.7 Å². The van der Waals surface area contributed by atoms with E-state index in [1.807, 2.05) is 16.8 Å². The topological polar surface area (TPSA) is 102 Å². The summed E-state index contributed by atoms with van der Waals surface area (Å²) >= 11 is 0. The third-order valence-electron chi connectivity index (χ3n) is 5.13. The maximum absolute atomic E-state index is 12.0. The highest BCUT2D eigenvalue weighted by Crippen LogP contribution is 2.17. The molecule has 0 spiro atoms. The van der Waals surface area contributed by atoms with Crippen LogP contribution in [0, 0.1) is 0 Å². The Balaban J connectivity index is 1.64. The number of hydrogen-bond acceptors (Lipinski definition) is 5. The molecular weight excluding hydrogens is 324 g/mol. The molecule has 2 fully saturated rings. The number of piperidine rings is 1. The Hall–Kier alpha value is -1.67. The van der Waals surface area contributed by atoms with Crippen LogP contribution in [0.25, 0.3) is 0 Å². The fourth-order valence-corrected chi connectivity index (χ4v) is 3.70. The van der Waals surface area contributed by atoms with E-state index in [9.17, 15) is 14.4 Å². The largest absolute Gasteiger partial charge is 0.480 e. The number of likely N-dealkylation sites (N-methyl/N-ethyl adjacent to an activating group) is 1. The molecular formula is C17H30N4O4. The summed E-state index contributed by atoms with van der Waals surface area (Å²) in [6, 6.07) is 0.0139. The van der Waals surface area contributed by atoms with Gasteiger partial charge in [0.2, 0.25) is 5.91 Å². The van der Waals surface area contributed by atoms with Gasteiger partial charge in [-0.25, -0.2) is 4.79 Å². The van der Waals surface area contributed by atoms with Gasteiger partial charge in [0.1, 0.15) is 0 Å². The number of hydrogen-bond donors (Lipinski definition) is 3. The molecule has 0 aromatic heterocycles. The molecule has 1 heterocycles. The van der Waals surface area contributed by atoms with Crippen LogP contribution in [0.1, 0.15) is 44.9 Å². The molecule has 3 N–H and O–H groups in total. The maximum Gasteiger partial charge on any atom is 0.321 e. The van der Waals surface area contributed by atoms with Crippen molar-refractivity contribution in [3.8, 4) is 0 Å². The van der Waals surface area contributed by atoms with Gasteiger partial charge in [-0.05, 0) is 32.7 Å². The average molecular weight is 354 g/mol.